The molecule has 2 aromatic rings. The molecule has 1 aromatic heterocycles. The third-order valence-electron chi connectivity index (χ3n) is 7.47. The molecule has 0 radical (unpaired) electrons. The largest absolute Gasteiger partial charge is 0.481 e. The van der Waals surface area contributed by atoms with Gasteiger partial charge in [0.2, 0.25) is 0 Å². The summed E-state index contributed by atoms with van der Waals surface area (Å²) in [5.74, 6) is -1.30. The second-order valence-corrected chi connectivity index (χ2v) is 10.5. The number of piperidine rings is 1. The molecule has 1 aliphatic carbocycles. The number of benzene rings is 1. The van der Waals surface area contributed by atoms with E-state index in [2.05, 4.69) is 20.1 Å². The van der Waals surface area contributed by atoms with Crippen LogP contribution in [0.2, 0.25) is 5.02 Å². The van der Waals surface area contributed by atoms with E-state index in [0.29, 0.717) is 45.3 Å². The molecule has 2 fully saturated rings. The molecule has 0 atom stereocenters. The number of anilines is 1. The van der Waals surface area contributed by atoms with Crippen molar-refractivity contribution in [2.45, 2.75) is 64.0 Å². The normalized spacial score (nSPS) is 19.2. The average Bonchev–Trinajstić information content (AvgIpc) is 3.29. The second-order valence-electron chi connectivity index (χ2n) is 10.0. The molecule has 1 amide bonds. The summed E-state index contributed by atoms with van der Waals surface area (Å²) in [6.07, 6.45) is 4.64. The van der Waals surface area contributed by atoms with Crippen LogP contribution in [-0.2, 0) is 15.1 Å². The topological polar surface area (TPSA) is 96.7 Å². The van der Waals surface area contributed by atoms with Gasteiger partial charge < -0.3 is 20.1 Å². The minimum atomic E-state index is -3.08. The van der Waals surface area contributed by atoms with E-state index < -0.39 is 29.4 Å². The second kappa shape index (κ2) is 10.3. The fourth-order valence-corrected chi connectivity index (χ4v) is 5.39. The fraction of sp³-hybridized carbons (Fsp3) is 0.560. The lowest BCUT2D eigenvalue weighted by molar-refractivity contribution is -0.157. The van der Waals surface area contributed by atoms with Crippen molar-refractivity contribution in [3.63, 3.8) is 0 Å². The number of amides is 1. The third kappa shape index (κ3) is 5.06. The molecule has 1 aliphatic heterocycles. The summed E-state index contributed by atoms with van der Waals surface area (Å²) in [5, 5.41) is 17.2. The lowest BCUT2D eigenvalue weighted by Gasteiger charge is -2.46. The van der Waals surface area contributed by atoms with Crippen molar-refractivity contribution >= 4 is 29.2 Å². The molecular weight excluding hydrogens is 494 g/mol. The van der Waals surface area contributed by atoms with Crippen molar-refractivity contribution in [2.24, 2.45) is 5.41 Å². The Morgan fingerprint density at radius 2 is 1.89 bits per heavy atom. The van der Waals surface area contributed by atoms with Gasteiger partial charge >= 0.3 is 12.6 Å². The SMILES string of the molecule is CC(C)c1ccnn1C1(C(=O)Nc2ccc(Cl)cc2OC(F)F)CCN(CC2(C(=O)O)CCC2)CC1. The Balaban J connectivity index is 1.62. The van der Waals surface area contributed by atoms with Gasteiger partial charge in [0, 0.05) is 42.6 Å². The molecular formula is C25H31ClF2N4O4. The predicted octanol–water partition coefficient (Wildman–Crippen LogP) is 4.95. The van der Waals surface area contributed by atoms with Crippen LogP contribution in [0.1, 0.15) is 57.6 Å². The van der Waals surface area contributed by atoms with Crippen LogP contribution in [0.3, 0.4) is 0 Å². The van der Waals surface area contributed by atoms with Crippen LogP contribution in [0, 0.1) is 5.41 Å². The molecule has 1 saturated heterocycles. The van der Waals surface area contributed by atoms with Crippen LogP contribution in [0.15, 0.2) is 30.5 Å². The first-order valence-corrected chi connectivity index (χ1v) is 12.5. The van der Waals surface area contributed by atoms with Gasteiger partial charge in [0.25, 0.3) is 5.91 Å². The van der Waals surface area contributed by atoms with Crippen molar-refractivity contribution in [1.29, 1.82) is 0 Å². The summed E-state index contributed by atoms with van der Waals surface area (Å²) in [6.45, 7) is 2.38. The van der Waals surface area contributed by atoms with Crippen LogP contribution in [0.5, 0.6) is 5.75 Å². The number of carboxylic acid groups (broad SMARTS) is 1. The highest BCUT2D eigenvalue weighted by atomic mass is 35.5. The Kier molecular flexibility index (Phi) is 7.56. The number of carbonyl (C=O) groups excluding carboxylic acids is 1. The molecule has 4 rings (SSSR count). The maximum Gasteiger partial charge on any atom is 0.387 e. The number of hydrogen-bond donors (Lipinski definition) is 2. The van der Waals surface area contributed by atoms with Crippen molar-refractivity contribution < 1.29 is 28.2 Å². The quantitative estimate of drug-likeness (QED) is 0.482. The van der Waals surface area contributed by atoms with Gasteiger partial charge in [-0.2, -0.15) is 13.9 Å². The molecule has 2 heterocycles. The summed E-state index contributed by atoms with van der Waals surface area (Å²) < 4.78 is 32.3. The van der Waals surface area contributed by atoms with E-state index in [1.807, 2.05) is 19.9 Å². The number of ether oxygens (including phenoxy) is 1. The first-order chi connectivity index (χ1) is 17.1. The van der Waals surface area contributed by atoms with E-state index in [4.69, 9.17) is 11.6 Å². The molecule has 2 N–H and O–H groups in total. The third-order valence-corrected chi connectivity index (χ3v) is 7.71. The number of alkyl halides is 2. The number of halogens is 3. The Labute approximate surface area is 213 Å². The van der Waals surface area contributed by atoms with Gasteiger partial charge in [0.1, 0.15) is 5.54 Å². The van der Waals surface area contributed by atoms with Gasteiger partial charge in [0.15, 0.2) is 5.75 Å². The molecule has 11 heteroatoms. The molecule has 1 aromatic carbocycles. The van der Waals surface area contributed by atoms with E-state index in [-0.39, 0.29) is 22.4 Å². The zero-order valence-corrected chi connectivity index (χ0v) is 21.1. The lowest BCUT2D eigenvalue weighted by Crippen LogP contribution is -2.57. The van der Waals surface area contributed by atoms with Crippen LogP contribution >= 0.6 is 11.6 Å². The maximum atomic E-state index is 13.9. The highest BCUT2D eigenvalue weighted by Gasteiger charge is 2.49. The van der Waals surface area contributed by atoms with Gasteiger partial charge in [-0.15, -0.1) is 0 Å². The molecule has 0 bridgehead atoms. The number of rotatable bonds is 9. The van der Waals surface area contributed by atoms with E-state index in [1.54, 1.807) is 10.9 Å². The minimum absolute atomic E-state index is 0.0871. The number of nitrogens with zero attached hydrogens (tertiary/aromatic N) is 3. The van der Waals surface area contributed by atoms with Gasteiger partial charge in [0.05, 0.1) is 11.1 Å². The van der Waals surface area contributed by atoms with E-state index in [1.165, 1.54) is 18.2 Å². The summed E-state index contributed by atoms with van der Waals surface area (Å²) >= 11 is 5.96. The number of nitrogens with one attached hydrogen (secondary N) is 1. The van der Waals surface area contributed by atoms with Gasteiger partial charge in [-0.25, -0.2) is 0 Å². The Morgan fingerprint density at radius 1 is 1.19 bits per heavy atom. The fourth-order valence-electron chi connectivity index (χ4n) is 5.23. The van der Waals surface area contributed by atoms with Crippen molar-refractivity contribution in [2.75, 3.05) is 25.0 Å². The van der Waals surface area contributed by atoms with Gasteiger partial charge in [-0.3, -0.25) is 14.3 Å². The van der Waals surface area contributed by atoms with Gasteiger partial charge in [-0.05, 0) is 49.8 Å². The number of likely N-dealkylation sites (tertiary alicyclic amines) is 1. The molecule has 8 nitrogen and oxygen atoms in total. The summed E-state index contributed by atoms with van der Waals surface area (Å²) in [7, 11) is 0. The first-order valence-electron chi connectivity index (χ1n) is 12.1. The maximum absolute atomic E-state index is 13.9. The summed E-state index contributed by atoms with van der Waals surface area (Å²) in [4.78, 5) is 27.9. The van der Waals surface area contributed by atoms with E-state index in [9.17, 15) is 23.5 Å². The zero-order valence-electron chi connectivity index (χ0n) is 20.3. The smallest absolute Gasteiger partial charge is 0.387 e. The molecule has 0 spiro atoms. The number of aliphatic carboxylic acids is 1. The van der Waals surface area contributed by atoms with Crippen LogP contribution in [0.25, 0.3) is 0 Å². The number of aromatic nitrogens is 2. The molecule has 196 valence electrons. The lowest BCUT2D eigenvalue weighted by atomic mass is 9.68. The highest BCUT2D eigenvalue weighted by Crippen LogP contribution is 2.43. The van der Waals surface area contributed by atoms with E-state index in [0.717, 1.165) is 12.1 Å². The zero-order chi connectivity index (χ0) is 26.1. The molecule has 0 unspecified atom stereocenters. The first kappa shape index (κ1) is 26.3. The van der Waals surface area contributed by atoms with Crippen LogP contribution in [-0.4, -0.2) is 57.9 Å². The molecule has 2 aliphatic rings. The highest BCUT2D eigenvalue weighted by molar-refractivity contribution is 6.30. The van der Waals surface area contributed by atoms with Crippen molar-refractivity contribution in [1.82, 2.24) is 14.7 Å². The average molecular weight is 525 g/mol. The van der Waals surface area contributed by atoms with Crippen molar-refractivity contribution in [3.8, 4) is 5.75 Å². The van der Waals surface area contributed by atoms with Gasteiger partial charge in [-0.1, -0.05) is 31.9 Å². The van der Waals surface area contributed by atoms with Crippen molar-refractivity contribution in [3.05, 3.63) is 41.2 Å². The number of hydrogen-bond acceptors (Lipinski definition) is 5. The number of carbonyl (C=O) groups is 2. The Hall–Kier alpha value is -2.72. The number of carboxylic acids is 1. The minimum Gasteiger partial charge on any atom is -0.481 e. The summed E-state index contributed by atoms with van der Waals surface area (Å²) in [5.41, 5.74) is -0.844. The Morgan fingerprint density at radius 3 is 2.44 bits per heavy atom. The molecule has 36 heavy (non-hydrogen) atoms. The molecule has 1 saturated carbocycles. The predicted molar refractivity (Wildman–Crippen MR) is 131 cm³/mol. The monoisotopic (exact) mass is 524 g/mol. The summed E-state index contributed by atoms with van der Waals surface area (Å²) in [6, 6.07) is 6.02. The van der Waals surface area contributed by atoms with Crippen LogP contribution in [0.4, 0.5) is 14.5 Å². The van der Waals surface area contributed by atoms with E-state index >= 15 is 0 Å². The Bertz CT molecular complexity index is 1110. The van der Waals surface area contributed by atoms with Crippen LogP contribution < -0.4 is 10.1 Å². The standard InChI is InChI=1S/C25H31ClF2N4O4/c1-16(2)19-6-11-29-32(19)25(9-12-31(13-10-25)15-24(22(34)35)7-3-8-24)21(33)30-18-5-4-17(26)14-20(18)36-23(27)28/h4-6,11,14,16,23H,3,7-10,12-13,15H2,1-2H3,(H,30,33)(H,34,35).